The third-order valence-corrected chi connectivity index (χ3v) is 18.6. The first-order chi connectivity index (χ1) is 42.4. The molecule has 0 aromatic rings. The van der Waals surface area contributed by atoms with Gasteiger partial charge >= 0.3 is 39.5 Å². The summed E-state index contributed by atoms with van der Waals surface area (Å²) in [7, 11) is -9.90. The minimum Gasteiger partial charge on any atom is -0.462 e. The van der Waals surface area contributed by atoms with Crippen LogP contribution in [0.25, 0.3) is 0 Å². The molecule has 0 aromatic heterocycles. The summed E-state index contributed by atoms with van der Waals surface area (Å²) in [5.74, 6) is -0.677. The topological polar surface area (TPSA) is 237 Å². The van der Waals surface area contributed by atoms with Crippen LogP contribution in [0, 0.1) is 11.8 Å². The summed E-state index contributed by atoms with van der Waals surface area (Å²) in [6, 6.07) is 0. The fourth-order valence-corrected chi connectivity index (χ4v) is 11.9. The molecule has 0 rings (SSSR count). The van der Waals surface area contributed by atoms with E-state index < -0.39 is 97.5 Å². The SMILES string of the molecule is CCCCCCCCCCCCCCCCCC(=O)O[C@H](COC(=O)CCCCCCCCCCCCCCC)COP(=O)(O)OC[C@@H](O)COP(=O)(O)OC[C@@H](COC(=O)CCCCCCCCC(C)CC)OC(=O)CCCCCCCCC(C)CC. The van der Waals surface area contributed by atoms with Gasteiger partial charge < -0.3 is 33.8 Å². The van der Waals surface area contributed by atoms with Gasteiger partial charge in [0.15, 0.2) is 12.2 Å². The van der Waals surface area contributed by atoms with Crippen molar-refractivity contribution >= 4 is 39.5 Å². The number of hydrogen-bond donors (Lipinski definition) is 3. The zero-order valence-electron chi connectivity index (χ0n) is 57.0. The minimum absolute atomic E-state index is 0.102. The number of rotatable bonds is 68. The quantitative estimate of drug-likeness (QED) is 0.0222. The molecule has 88 heavy (non-hydrogen) atoms. The number of aliphatic hydroxyl groups excluding tert-OH is 1. The third-order valence-electron chi connectivity index (χ3n) is 16.7. The number of phosphoric acid groups is 2. The Morgan fingerprint density at radius 2 is 0.545 bits per heavy atom. The summed E-state index contributed by atoms with van der Waals surface area (Å²) in [4.78, 5) is 72.5. The standard InChI is InChI=1S/C69H134O17P2/c1-7-11-13-15-17-19-21-23-24-26-28-30-32-41-47-53-68(73)85-64(57-79-66(71)51-45-39-31-29-27-25-22-20-18-16-14-12-8-2)59-83-87(75,76)81-55-63(70)56-82-88(77,78)84-60-65(86-69(74)54-48-42-36-34-38-44-50-62(6)10-4)58-80-67(72)52-46-40-35-33-37-43-49-61(5)9-3/h61-65,70H,7-60H2,1-6H3,(H,75,76)(H,77,78)/t61?,62?,63-,64-,65-/m1/s1. The highest BCUT2D eigenvalue weighted by atomic mass is 31.2. The Hall–Kier alpha value is -1.94. The Balaban J connectivity index is 5.25. The summed E-state index contributed by atoms with van der Waals surface area (Å²) >= 11 is 0. The van der Waals surface area contributed by atoms with E-state index >= 15 is 0 Å². The zero-order valence-corrected chi connectivity index (χ0v) is 58.8. The second-order valence-corrected chi connectivity index (χ2v) is 28.3. The highest BCUT2D eigenvalue weighted by molar-refractivity contribution is 7.47. The van der Waals surface area contributed by atoms with Gasteiger partial charge in [0.05, 0.1) is 26.4 Å². The number of carbonyl (C=O) groups is 4. The van der Waals surface area contributed by atoms with Crippen molar-refractivity contribution in [2.75, 3.05) is 39.6 Å². The zero-order chi connectivity index (χ0) is 65.0. The van der Waals surface area contributed by atoms with Crippen molar-refractivity contribution in [2.24, 2.45) is 11.8 Å². The van der Waals surface area contributed by atoms with Gasteiger partial charge in [-0.2, -0.15) is 0 Å². The largest absolute Gasteiger partial charge is 0.472 e. The molecule has 17 nitrogen and oxygen atoms in total. The Morgan fingerprint density at radius 1 is 0.318 bits per heavy atom. The van der Waals surface area contributed by atoms with E-state index in [2.05, 4.69) is 41.5 Å². The molecule has 3 N–H and O–H groups in total. The molecule has 19 heteroatoms. The van der Waals surface area contributed by atoms with E-state index in [1.54, 1.807) is 0 Å². The molecule has 0 aliphatic carbocycles. The second kappa shape index (κ2) is 61.3. The van der Waals surface area contributed by atoms with E-state index in [0.29, 0.717) is 25.7 Å². The average molecular weight is 1300 g/mol. The van der Waals surface area contributed by atoms with Crippen LogP contribution < -0.4 is 0 Å². The van der Waals surface area contributed by atoms with Crippen LogP contribution in [0.3, 0.4) is 0 Å². The van der Waals surface area contributed by atoms with E-state index in [9.17, 15) is 43.2 Å². The maximum atomic E-state index is 13.0. The molecule has 7 atom stereocenters. The predicted octanol–water partition coefficient (Wildman–Crippen LogP) is 19.6. The van der Waals surface area contributed by atoms with Crippen LogP contribution in [0.5, 0.6) is 0 Å². The van der Waals surface area contributed by atoms with Crippen LogP contribution in [-0.2, 0) is 65.4 Å². The lowest BCUT2D eigenvalue weighted by atomic mass is 10.00. The van der Waals surface area contributed by atoms with Crippen LogP contribution in [0.4, 0.5) is 0 Å². The van der Waals surface area contributed by atoms with Crippen molar-refractivity contribution in [1.82, 2.24) is 0 Å². The number of ether oxygens (including phenoxy) is 4. The number of esters is 4. The number of unbranched alkanes of at least 4 members (excludes halogenated alkanes) is 36. The minimum atomic E-state index is -4.95. The van der Waals surface area contributed by atoms with Crippen LogP contribution in [0.1, 0.15) is 350 Å². The third kappa shape index (κ3) is 60.3. The molecule has 0 saturated carbocycles. The van der Waals surface area contributed by atoms with Crippen LogP contribution in [0.2, 0.25) is 0 Å². The molecule has 0 spiro atoms. The Labute approximate surface area is 537 Å². The molecule has 0 aliphatic heterocycles. The maximum absolute atomic E-state index is 13.0. The van der Waals surface area contributed by atoms with Gasteiger partial charge in [0.25, 0.3) is 0 Å². The normalized spacial score (nSPS) is 14.8. The van der Waals surface area contributed by atoms with Crippen molar-refractivity contribution in [3.8, 4) is 0 Å². The van der Waals surface area contributed by atoms with E-state index in [1.165, 1.54) is 161 Å². The van der Waals surface area contributed by atoms with Gasteiger partial charge in [-0.3, -0.25) is 37.3 Å². The lowest BCUT2D eigenvalue weighted by molar-refractivity contribution is -0.161. The first kappa shape index (κ1) is 86.1. The van der Waals surface area contributed by atoms with Crippen molar-refractivity contribution in [1.29, 1.82) is 0 Å². The van der Waals surface area contributed by atoms with Gasteiger partial charge in [0.1, 0.15) is 19.3 Å². The van der Waals surface area contributed by atoms with Crippen molar-refractivity contribution < 1.29 is 80.2 Å². The number of aliphatic hydroxyl groups is 1. The van der Waals surface area contributed by atoms with Crippen LogP contribution >= 0.6 is 15.6 Å². The first-order valence-electron chi connectivity index (χ1n) is 36.1. The molecule has 0 radical (unpaired) electrons. The predicted molar refractivity (Wildman–Crippen MR) is 354 cm³/mol. The highest BCUT2D eigenvalue weighted by Gasteiger charge is 2.30. The van der Waals surface area contributed by atoms with Gasteiger partial charge in [-0.15, -0.1) is 0 Å². The molecule has 522 valence electrons. The van der Waals surface area contributed by atoms with Gasteiger partial charge in [0.2, 0.25) is 0 Å². The fraction of sp³-hybridized carbons (Fsp3) is 0.942. The Kier molecular flexibility index (Phi) is 59.9. The molecule has 0 aromatic carbocycles. The summed E-state index contributed by atoms with van der Waals surface area (Å²) in [5.41, 5.74) is 0. The van der Waals surface area contributed by atoms with Gasteiger partial charge in [-0.1, -0.05) is 298 Å². The van der Waals surface area contributed by atoms with Crippen LogP contribution in [0.15, 0.2) is 0 Å². The number of hydrogen-bond acceptors (Lipinski definition) is 15. The number of phosphoric ester groups is 2. The van der Waals surface area contributed by atoms with Crippen LogP contribution in [-0.4, -0.2) is 96.7 Å². The van der Waals surface area contributed by atoms with E-state index in [4.69, 9.17) is 37.0 Å². The summed E-state index contributed by atoms with van der Waals surface area (Å²) in [6.45, 7) is 9.45. The lowest BCUT2D eigenvalue weighted by Crippen LogP contribution is -2.30. The molecule has 0 amide bonds. The molecular formula is C69H134O17P2. The van der Waals surface area contributed by atoms with E-state index in [1.807, 2.05) is 0 Å². The molecule has 0 heterocycles. The highest BCUT2D eigenvalue weighted by Crippen LogP contribution is 2.45. The fourth-order valence-electron chi connectivity index (χ4n) is 10.4. The molecule has 0 aliphatic rings. The van der Waals surface area contributed by atoms with Crippen molar-refractivity contribution in [3.63, 3.8) is 0 Å². The van der Waals surface area contributed by atoms with E-state index in [0.717, 1.165) is 108 Å². The maximum Gasteiger partial charge on any atom is 0.472 e. The summed E-state index contributed by atoms with van der Waals surface area (Å²) < 4.78 is 68.2. The molecular weight excluding hydrogens is 1160 g/mol. The van der Waals surface area contributed by atoms with E-state index in [-0.39, 0.29) is 25.7 Å². The Morgan fingerprint density at radius 3 is 0.807 bits per heavy atom. The summed E-state index contributed by atoms with van der Waals surface area (Å²) in [6.07, 6.45) is 45.8. The molecule has 0 bridgehead atoms. The molecule has 4 unspecified atom stereocenters. The second-order valence-electron chi connectivity index (χ2n) is 25.4. The Bertz CT molecular complexity index is 1720. The van der Waals surface area contributed by atoms with Gasteiger partial charge in [-0.25, -0.2) is 9.13 Å². The van der Waals surface area contributed by atoms with Crippen molar-refractivity contribution in [2.45, 2.75) is 368 Å². The summed E-state index contributed by atoms with van der Waals surface area (Å²) in [5, 5.41) is 10.6. The number of carbonyl (C=O) groups excluding carboxylic acids is 4. The van der Waals surface area contributed by atoms with Gasteiger partial charge in [0, 0.05) is 25.7 Å². The molecule has 0 fully saturated rings. The first-order valence-corrected chi connectivity index (χ1v) is 39.1. The lowest BCUT2D eigenvalue weighted by Gasteiger charge is -2.21. The van der Waals surface area contributed by atoms with Crippen molar-refractivity contribution in [3.05, 3.63) is 0 Å². The van der Waals surface area contributed by atoms with Gasteiger partial charge in [-0.05, 0) is 37.5 Å². The smallest absolute Gasteiger partial charge is 0.462 e. The molecule has 0 saturated heterocycles. The average Bonchev–Trinajstić information content (AvgIpc) is 3.67. The monoisotopic (exact) mass is 1300 g/mol.